The molecular formula is C17H24FN3O4. The molecule has 2 rings (SSSR count). The van der Waals surface area contributed by atoms with Gasteiger partial charge in [-0.15, -0.1) is 0 Å². The molecule has 3 N–H and O–H groups in total. The zero-order chi connectivity index (χ0) is 18.4. The Morgan fingerprint density at radius 1 is 1.36 bits per heavy atom. The monoisotopic (exact) mass is 353 g/mol. The summed E-state index contributed by atoms with van der Waals surface area (Å²) in [5.74, 6) is -0.489. The second-order valence-corrected chi connectivity index (χ2v) is 6.26. The average Bonchev–Trinajstić information content (AvgIpc) is 2.56. The molecule has 0 aromatic heterocycles. The van der Waals surface area contributed by atoms with E-state index in [9.17, 15) is 19.1 Å². The molecular weight excluding hydrogens is 329 g/mol. The van der Waals surface area contributed by atoms with Crippen LogP contribution in [-0.4, -0.2) is 60.9 Å². The highest BCUT2D eigenvalue weighted by Gasteiger charge is 2.33. The second kappa shape index (κ2) is 8.77. The van der Waals surface area contributed by atoms with Crippen molar-refractivity contribution < 1.29 is 23.8 Å². The predicted octanol–water partition coefficient (Wildman–Crippen LogP) is 1.33. The number of amides is 3. The van der Waals surface area contributed by atoms with E-state index in [4.69, 9.17) is 4.74 Å². The van der Waals surface area contributed by atoms with Crippen molar-refractivity contribution in [2.24, 2.45) is 0 Å². The first-order valence-electron chi connectivity index (χ1n) is 8.18. The lowest BCUT2D eigenvalue weighted by Crippen LogP contribution is -2.52. The summed E-state index contributed by atoms with van der Waals surface area (Å²) in [6.07, 6.45) is 0.545. The van der Waals surface area contributed by atoms with Crippen LogP contribution in [0.3, 0.4) is 0 Å². The number of hydrogen-bond acceptors (Lipinski definition) is 4. The van der Waals surface area contributed by atoms with Crippen LogP contribution in [0.4, 0.5) is 14.9 Å². The van der Waals surface area contributed by atoms with E-state index in [0.29, 0.717) is 18.5 Å². The first-order valence-corrected chi connectivity index (χ1v) is 8.18. The molecule has 1 aliphatic heterocycles. The highest BCUT2D eigenvalue weighted by Crippen LogP contribution is 2.22. The number of benzene rings is 1. The molecule has 25 heavy (non-hydrogen) atoms. The highest BCUT2D eigenvalue weighted by molar-refractivity contribution is 5.89. The maximum absolute atomic E-state index is 13.1. The van der Waals surface area contributed by atoms with E-state index in [2.05, 4.69) is 10.6 Å². The number of aliphatic hydroxyl groups excluding tert-OH is 1. The Balaban J connectivity index is 1.87. The van der Waals surface area contributed by atoms with E-state index in [0.717, 1.165) is 0 Å². The van der Waals surface area contributed by atoms with Gasteiger partial charge in [0.15, 0.2) is 0 Å². The lowest BCUT2D eigenvalue weighted by atomic mass is 9.97. The van der Waals surface area contributed by atoms with Gasteiger partial charge in [0.2, 0.25) is 5.91 Å². The summed E-state index contributed by atoms with van der Waals surface area (Å²) in [7, 11) is 3.35. The van der Waals surface area contributed by atoms with Crippen LogP contribution in [0.2, 0.25) is 0 Å². The third-order valence-electron chi connectivity index (χ3n) is 4.10. The van der Waals surface area contributed by atoms with Crippen LogP contribution in [0.25, 0.3) is 0 Å². The number of nitrogens with zero attached hydrogens (tertiary/aromatic N) is 1. The fourth-order valence-electron chi connectivity index (χ4n) is 2.73. The summed E-state index contributed by atoms with van der Waals surface area (Å²) < 4.78 is 18.9. The number of urea groups is 1. The van der Waals surface area contributed by atoms with Gasteiger partial charge in [0.05, 0.1) is 25.2 Å². The minimum absolute atomic E-state index is 0.0445. The number of halogens is 1. The Morgan fingerprint density at radius 2 is 2.12 bits per heavy atom. The second-order valence-electron chi connectivity index (χ2n) is 6.26. The van der Waals surface area contributed by atoms with Gasteiger partial charge in [-0.05, 0) is 31.0 Å². The van der Waals surface area contributed by atoms with Gasteiger partial charge in [0, 0.05) is 19.8 Å². The van der Waals surface area contributed by atoms with Gasteiger partial charge in [0.1, 0.15) is 11.9 Å². The lowest BCUT2D eigenvalue weighted by Gasteiger charge is -2.36. The van der Waals surface area contributed by atoms with Gasteiger partial charge in [-0.2, -0.15) is 0 Å². The number of aliphatic hydroxyl groups is 1. The molecule has 0 bridgehead atoms. The Morgan fingerprint density at radius 3 is 2.76 bits per heavy atom. The molecule has 1 aromatic carbocycles. The van der Waals surface area contributed by atoms with E-state index >= 15 is 0 Å². The molecule has 0 unspecified atom stereocenters. The topological polar surface area (TPSA) is 90.9 Å². The summed E-state index contributed by atoms with van der Waals surface area (Å²) >= 11 is 0. The van der Waals surface area contributed by atoms with Crippen molar-refractivity contribution in [2.45, 2.75) is 37.5 Å². The highest BCUT2D eigenvalue weighted by atomic mass is 19.1. The standard InChI is InChI=1S/C17H24FN3O4/c1-21(2)16(23)9-13-6-7-14(15(10-22)25-13)20-17(24)19-12-5-3-4-11(18)8-12/h3-5,8,13-15,22H,6-7,9-10H2,1-2H3,(H2,19,20,24)/t13-,14-,15-/m1/s1. The first kappa shape index (κ1) is 19.1. The third kappa shape index (κ3) is 5.68. The lowest BCUT2D eigenvalue weighted by molar-refractivity contribution is -0.137. The quantitative estimate of drug-likeness (QED) is 0.745. The molecule has 1 aromatic rings. The molecule has 1 saturated heterocycles. The smallest absolute Gasteiger partial charge is 0.319 e. The summed E-state index contributed by atoms with van der Waals surface area (Å²) in [5.41, 5.74) is 0.337. The van der Waals surface area contributed by atoms with E-state index in [-0.39, 0.29) is 31.1 Å². The van der Waals surface area contributed by atoms with Crippen molar-refractivity contribution >= 4 is 17.6 Å². The maximum Gasteiger partial charge on any atom is 0.319 e. The van der Waals surface area contributed by atoms with Gasteiger partial charge in [-0.1, -0.05) is 6.07 Å². The zero-order valence-corrected chi connectivity index (χ0v) is 14.4. The summed E-state index contributed by atoms with van der Waals surface area (Å²) in [6.45, 7) is -0.266. The van der Waals surface area contributed by atoms with Gasteiger partial charge in [-0.3, -0.25) is 4.79 Å². The van der Waals surface area contributed by atoms with Crippen LogP contribution in [0.5, 0.6) is 0 Å². The molecule has 0 radical (unpaired) electrons. The number of rotatable bonds is 5. The summed E-state index contributed by atoms with van der Waals surface area (Å²) in [6, 6.07) is 4.69. The summed E-state index contributed by atoms with van der Waals surface area (Å²) in [5, 5.41) is 14.8. The van der Waals surface area contributed by atoms with Crippen molar-refractivity contribution in [1.29, 1.82) is 0 Å². The van der Waals surface area contributed by atoms with Gasteiger partial charge in [0.25, 0.3) is 0 Å². The van der Waals surface area contributed by atoms with Crippen LogP contribution < -0.4 is 10.6 Å². The van der Waals surface area contributed by atoms with Gasteiger partial charge in [-0.25, -0.2) is 9.18 Å². The first-order chi connectivity index (χ1) is 11.9. The molecule has 1 fully saturated rings. The van der Waals surface area contributed by atoms with Crippen molar-refractivity contribution in [3.05, 3.63) is 30.1 Å². The number of anilines is 1. The Kier molecular flexibility index (Phi) is 6.72. The largest absolute Gasteiger partial charge is 0.394 e. The van der Waals surface area contributed by atoms with Crippen molar-refractivity contribution in [2.75, 3.05) is 26.0 Å². The van der Waals surface area contributed by atoms with E-state index in [1.54, 1.807) is 20.2 Å². The number of carbonyl (C=O) groups is 2. The fourth-order valence-corrected chi connectivity index (χ4v) is 2.73. The zero-order valence-electron chi connectivity index (χ0n) is 14.4. The van der Waals surface area contributed by atoms with E-state index < -0.39 is 18.0 Å². The average molecular weight is 353 g/mol. The van der Waals surface area contributed by atoms with Crippen molar-refractivity contribution in [3.63, 3.8) is 0 Å². The molecule has 138 valence electrons. The van der Waals surface area contributed by atoms with Gasteiger partial charge < -0.3 is 25.4 Å². The molecule has 0 saturated carbocycles. The van der Waals surface area contributed by atoms with Crippen molar-refractivity contribution in [3.8, 4) is 0 Å². The van der Waals surface area contributed by atoms with Crippen LogP contribution in [0.15, 0.2) is 24.3 Å². The number of hydrogen-bond donors (Lipinski definition) is 3. The summed E-state index contributed by atoms with van der Waals surface area (Å²) in [4.78, 5) is 25.3. The molecule has 1 heterocycles. The van der Waals surface area contributed by atoms with Crippen LogP contribution >= 0.6 is 0 Å². The van der Waals surface area contributed by atoms with Gasteiger partial charge >= 0.3 is 6.03 Å². The predicted molar refractivity (Wildman–Crippen MR) is 90.6 cm³/mol. The third-order valence-corrected chi connectivity index (χ3v) is 4.10. The van der Waals surface area contributed by atoms with Crippen molar-refractivity contribution in [1.82, 2.24) is 10.2 Å². The minimum Gasteiger partial charge on any atom is -0.394 e. The normalized spacial score (nSPS) is 23.0. The Bertz CT molecular complexity index is 611. The number of carbonyl (C=O) groups excluding carboxylic acids is 2. The van der Waals surface area contributed by atoms with Crippen LogP contribution in [0, 0.1) is 5.82 Å². The molecule has 3 amide bonds. The fraction of sp³-hybridized carbons (Fsp3) is 0.529. The molecule has 8 heteroatoms. The molecule has 1 aliphatic rings. The molecule has 0 aliphatic carbocycles. The SMILES string of the molecule is CN(C)C(=O)C[C@H]1CC[C@@H](NC(=O)Nc2cccc(F)c2)[C@@H](CO)O1. The minimum atomic E-state index is -0.591. The Labute approximate surface area is 146 Å². The Hall–Kier alpha value is -2.19. The van der Waals surface area contributed by atoms with E-state index in [1.807, 2.05) is 0 Å². The maximum atomic E-state index is 13.1. The number of nitrogens with one attached hydrogen (secondary N) is 2. The molecule has 7 nitrogen and oxygen atoms in total. The van der Waals surface area contributed by atoms with Crippen LogP contribution in [-0.2, 0) is 9.53 Å². The molecule has 3 atom stereocenters. The van der Waals surface area contributed by atoms with E-state index in [1.165, 1.54) is 23.1 Å². The number of ether oxygens (including phenoxy) is 1. The van der Waals surface area contributed by atoms with Crippen LogP contribution in [0.1, 0.15) is 19.3 Å². The molecule has 0 spiro atoms.